The number of aliphatic hydroxyl groups is 1. The van der Waals surface area contributed by atoms with E-state index in [0.717, 1.165) is 24.2 Å². The van der Waals surface area contributed by atoms with Crippen molar-refractivity contribution >= 4 is 29.1 Å². The molecule has 3 rings (SSSR count). The fourth-order valence-corrected chi connectivity index (χ4v) is 2.66. The van der Waals surface area contributed by atoms with Crippen molar-refractivity contribution in [3.8, 4) is 0 Å². The maximum atomic E-state index is 9.54. The number of anilines is 3. The van der Waals surface area contributed by atoms with Crippen molar-refractivity contribution in [2.45, 2.75) is 38.6 Å². The van der Waals surface area contributed by atoms with Crippen LogP contribution in [0.3, 0.4) is 0 Å². The van der Waals surface area contributed by atoms with Crippen LogP contribution in [0.1, 0.15) is 38.3 Å². The lowest BCUT2D eigenvalue weighted by Gasteiger charge is -2.20. The molecular weight excluding hydrogens is 324 g/mol. The van der Waals surface area contributed by atoms with Gasteiger partial charge in [-0.25, -0.2) is 4.98 Å². The standard InChI is InChI=1S/C18H23ClN4O/c1-11(2)16(10-24)22-18-21-15(12-7-8-12)9-17(23-18)20-14-6-4-3-5-13(14)19/h3-6,9,11-12,16,24H,7-8,10H2,1-2H3,(H2,20,21,22,23)/t16-/m1/s1. The van der Waals surface area contributed by atoms with E-state index in [4.69, 9.17) is 11.6 Å². The van der Waals surface area contributed by atoms with Crippen molar-refractivity contribution in [1.82, 2.24) is 9.97 Å². The summed E-state index contributed by atoms with van der Waals surface area (Å²) >= 11 is 6.22. The third-order valence-corrected chi connectivity index (χ3v) is 4.52. The summed E-state index contributed by atoms with van der Waals surface area (Å²) in [5.74, 6) is 2.04. The smallest absolute Gasteiger partial charge is 0.225 e. The molecule has 0 saturated heterocycles. The Balaban J connectivity index is 1.87. The van der Waals surface area contributed by atoms with Gasteiger partial charge in [0.05, 0.1) is 29.1 Å². The van der Waals surface area contributed by atoms with Crippen molar-refractivity contribution in [3.63, 3.8) is 0 Å². The molecule has 24 heavy (non-hydrogen) atoms. The molecule has 0 radical (unpaired) electrons. The van der Waals surface area contributed by atoms with Gasteiger partial charge < -0.3 is 15.7 Å². The summed E-state index contributed by atoms with van der Waals surface area (Å²) in [7, 11) is 0. The van der Waals surface area contributed by atoms with Crippen molar-refractivity contribution in [3.05, 3.63) is 41.0 Å². The van der Waals surface area contributed by atoms with Gasteiger partial charge in [0.15, 0.2) is 0 Å². The number of aromatic nitrogens is 2. The molecule has 1 fully saturated rings. The highest BCUT2D eigenvalue weighted by Crippen LogP contribution is 2.40. The Labute approximate surface area is 147 Å². The Morgan fingerprint density at radius 1 is 1.25 bits per heavy atom. The van der Waals surface area contributed by atoms with E-state index in [0.29, 0.717) is 22.7 Å². The van der Waals surface area contributed by atoms with Gasteiger partial charge in [0.1, 0.15) is 5.82 Å². The lowest BCUT2D eigenvalue weighted by molar-refractivity contribution is 0.248. The number of nitrogens with zero attached hydrogens (tertiary/aromatic N) is 2. The van der Waals surface area contributed by atoms with Crippen molar-refractivity contribution in [1.29, 1.82) is 0 Å². The molecule has 1 aliphatic carbocycles. The van der Waals surface area contributed by atoms with Gasteiger partial charge >= 0.3 is 0 Å². The fourth-order valence-electron chi connectivity index (χ4n) is 2.47. The maximum Gasteiger partial charge on any atom is 0.225 e. The molecule has 0 aliphatic heterocycles. The Kier molecular flexibility index (Phi) is 5.21. The molecule has 1 aromatic carbocycles. The summed E-state index contributed by atoms with van der Waals surface area (Å²) < 4.78 is 0. The van der Waals surface area contributed by atoms with Gasteiger partial charge in [0.25, 0.3) is 0 Å². The zero-order chi connectivity index (χ0) is 17.1. The molecular formula is C18H23ClN4O. The Morgan fingerprint density at radius 2 is 2.00 bits per heavy atom. The first kappa shape index (κ1) is 17.0. The number of aliphatic hydroxyl groups excluding tert-OH is 1. The van der Waals surface area contributed by atoms with E-state index in [9.17, 15) is 5.11 Å². The van der Waals surface area contributed by atoms with Gasteiger partial charge in [-0.2, -0.15) is 4.98 Å². The van der Waals surface area contributed by atoms with Crippen LogP contribution >= 0.6 is 11.6 Å². The van der Waals surface area contributed by atoms with Crippen LogP contribution in [0.4, 0.5) is 17.5 Å². The zero-order valence-corrected chi connectivity index (χ0v) is 14.7. The van der Waals surface area contributed by atoms with E-state index in [1.54, 1.807) is 0 Å². The van der Waals surface area contributed by atoms with Gasteiger partial charge in [-0.1, -0.05) is 37.6 Å². The van der Waals surface area contributed by atoms with E-state index in [2.05, 4.69) is 34.4 Å². The van der Waals surface area contributed by atoms with E-state index in [1.807, 2.05) is 30.3 Å². The highest BCUT2D eigenvalue weighted by molar-refractivity contribution is 6.33. The lowest BCUT2D eigenvalue weighted by Crippen LogP contribution is -2.30. The molecule has 0 unspecified atom stereocenters. The molecule has 1 aromatic heterocycles. The first-order chi connectivity index (χ1) is 11.6. The topological polar surface area (TPSA) is 70.1 Å². The van der Waals surface area contributed by atoms with Crippen LogP contribution in [0.25, 0.3) is 0 Å². The first-order valence-electron chi connectivity index (χ1n) is 8.34. The van der Waals surface area contributed by atoms with Gasteiger partial charge in [-0.3, -0.25) is 0 Å². The summed E-state index contributed by atoms with van der Waals surface area (Å²) in [6.07, 6.45) is 2.32. The van der Waals surface area contributed by atoms with Gasteiger partial charge in [-0.15, -0.1) is 0 Å². The maximum absolute atomic E-state index is 9.54. The van der Waals surface area contributed by atoms with Crippen molar-refractivity contribution in [2.24, 2.45) is 5.92 Å². The molecule has 0 bridgehead atoms. The summed E-state index contributed by atoms with van der Waals surface area (Å²) in [5, 5.41) is 16.7. The van der Waals surface area contributed by atoms with Gasteiger partial charge in [0.2, 0.25) is 5.95 Å². The second-order valence-corrected chi connectivity index (χ2v) is 6.97. The highest BCUT2D eigenvalue weighted by atomic mass is 35.5. The number of halogens is 1. The fraction of sp³-hybridized carbons (Fsp3) is 0.444. The summed E-state index contributed by atoms with van der Waals surface area (Å²) in [4.78, 5) is 9.17. The second kappa shape index (κ2) is 7.36. The van der Waals surface area contributed by atoms with Crippen LogP contribution in [0.2, 0.25) is 5.02 Å². The monoisotopic (exact) mass is 346 g/mol. The molecule has 3 N–H and O–H groups in total. The number of nitrogens with one attached hydrogen (secondary N) is 2. The van der Waals surface area contributed by atoms with Crippen molar-refractivity contribution < 1.29 is 5.11 Å². The molecule has 1 atom stereocenters. The van der Waals surface area contributed by atoms with E-state index < -0.39 is 0 Å². The van der Waals surface area contributed by atoms with Crippen LogP contribution in [-0.2, 0) is 0 Å². The lowest BCUT2D eigenvalue weighted by atomic mass is 10.1. The molecule has 1 aliphatic rings. The molecule has 128 valence electrons. The van der Waals surface area contributed by atoms with E-state index in [1.165, 1.54) is 0 Å². The minimum Gasteiger partial charge on any atom is -0.394 e. The number of benzene rings is 1. The van der Waals surface area contributed by atoms with Crippen molar-refractivity contribution in [2.75, 3.05) is 17.2 Å². The third-order valence-electron chi connectivity index (χ3n) is 4.19. The summed E-state index contributed by atoms with van der Waals surface area (Å²) in [6, 6.07) is 9.48. The molecule has 5 nitrogen and oxygen atoms in total. The number of hydrogen-bond donors (Lipinski definition) is 3. The molecule has 6 heteroatoms. The molecule has 1 saturated carbocycles. The average molecular weight is 347 g/mol. The summed E-state index contributed by atoms with van der Waals surface area (Å²) in [6.45, 7) is 4.16. The minimum absolute atomic E-state index is 0.0436. The predicted molar refractivity (Wildman–Crippen MR) is 98.1 cm³/mol. The van der Waals surface area contributed by atoms with Crippen LogP contribution in [0.5, 0.6) is 0 Å². The molecule has 1 heterocycles. The number of para-hydroxylation sites is 1. The van der Waals surface area contributed by atoms with Crippen LogP contribution in [0, 0.1) is 5.92 Å². The quantitative estimate of drug-likeness (QED) is 0.701. The van der Waals surface area contributed by atoms with E-state index >= 15 is 0 Å². The highest BCUT2D eigenvalue weighted by Gasteiger charge is 2.26. The van der Waals surface area contributed by atoms with Crippen LogP contribution in [0.15, 0.2) is 30.3 Å². The second-order valence-electron chi connectivity index (χ2n) is 6.56. The Hall–Kier alpha value is -1.85. The molecule has 0 spiro atoms. The third kappa shape index (κ3) is 4.16. The predicted octanol–water partition coefficient (Wildman–Crippen LogP) is 4.18. The average Bonchev–Trinajstić information content (AvgIpc) is 3.39. The Morgan fingerprint density at radius 3 is 2.62 bits per heavy atom. The normalized spacial score (nSPS) is 15.4. The Bertz CT molecular complexity index is 703. The number of hydrogen-bond acceptors (Lipinski definition) is 5. The van der Waals surface area contributed by atoms with Gasteiger partial charge in [0, 0.05) is 12.0 Å². The molecule has 2 aromatic rings. The van der Waals surface area contributed by atoms with Crippen LogP contribution < -0.4 is 10.6 Å². The number of rotatable bonds is 7. The molecule has 0 amide bonds. The zero-order valence-electron chi connectivity index (χ0n) is 14.0. The first-order valence-corrected chi connectivity index (χ1v) is 8.72. The van der Waals surface area contributed by atoms with Crippen LogP contribution in [-0.4, -0.2) is 27.7 Å². The largest absolute Gasteiger partial charge is 0.394 e. The van der Waals surface area contributed by atoms with E-state index in [-0.39, 0.29) is 18.6 Å². The SMILES string of the molecule is CC(C)[C@@H](CO)Nc1nc(Nc2ccccc2Cl)cc(C2CC2)n1. The van der Waals surface area contributed by atoms with Gasteiger partial charge in [-0.05, 0) is 30.9 Å². The minimum atomic E-state index is -0.0763. The summed E-state index contributed by atoms with van der Waals surface area (Å²) in [5.41, 5.74) is 1.84.